The van der Waals surface area contributed by atoms with Gasteiger partial charge in [-0.15, -0.1) is 0 Å². The number of rotatable bonds is 4. The van der Waals surface area contributed by atoms with Crippen molar-refractivity contribution >= 4 is 60.9 Å². The van der Waals surface area contributed by atoms with E-state index in [1.807, 2.05) is 0 Å². The minimum Gasteiger partial charge on any atom is -0.454 e. The smallest absolute Gasteiger partial charge is 0.338 e. The number of Topliss-reactive ketones (excluding diaryl/α,β-unsaturated/α-hetero) is 1. The van der Waals surface area contributed by atoms with Gasteiger partial charge in [0.05, 0.1) is 11.3 Å². The van der Waals surface area contributed by atoms with Gasteiger partial charge in [0.25, 0.3) is 0 Å². The molecule has 0 aliphatic carbocycles. The molecule has 0 spiro atoms. The molecule has 0 radical (unpaired) electrons. The lowest BCUT2D eigenvalue weighted by Crippen LogP contribution is -2.14. The summed E-state index contributed by atoms with van der Waals surface area (Å²) in [7, 11) is 0. The average Bonchev–Trinajstić information content (AvgIpc) is 2.50. The first-order valence-corrected chi connectivity index (χ1v) is 8.05. The topological polar surface area (TPSA) is 69.4 Å². The van der Waals surface area contributed by atoms with Gasteiger partial charge in [-0.2, -0.15) is 0 Å². The summed E-state index contributed by atoms with van der Waals surface area (Å²) in [6.45, 7) is -0.347. The molecule has 0 heterocycles. The Morgan fingerprint density at radius 1 is 1.05 bits per heavy atom. The number of hydrogen-bond donors (Lipinski definition) is 1. The molecule has 0 atom stereocenters. The molecule has 7 heteroatoms. The van der Waals surface area contributed by atoms with Crippen molar-refractivity contribution in [3.63, 3.8) is 0 Å². The molecule has 22 heavy (non-hydrogen) atoms. The van der Waals surface area contributed by atoms with E-state index in [-0.39, 0.29) is 18.0 Å². The van der Waals surface area contributed by atoms with Crippen LogP contribution in [0.1, 0.15) is 20.7 Å². The van der Waals surface area contributed by atoms with Gasteiger partial charge in [0.15, 0.2) is 12.4 Å². The van der Waals surface area contributed by atoms with Crippen LogP contribution in [-0.4, -0.2) is 18.4 Å². The highest BCUT2D eigenvalue weighted by molar-refractivity contribution is 9.11. The third kappa shape index (κ3) is 4.09. The maximum Gasteiger partial charge on any atom is 0.338 e. The fraction of sp³-hybridized carbons (Fsp3) is 0.0667. The molecule has 0 aliphatic heterocycles. The van der Waals surface area contributed by atoms with E-state index in [2.05, 4.69) is 31.9 Å². The van der Waals surface area contributed by atoms with Gasteiger partial charge in [-0.1, -0.05) is 11.6 Å². The second kappa shape index (κ2) is 7.26. The van der Waals surface area contributed by atoms with Crippen molar-refractivity contribution in [2.45, 2.75) is 0 Å². The second-order valence-corrected chi connectivity index (χ2v) is 6.50. The van der Waals surface area contributed by atoms with Crippen molar-refractivity contribution in [2.24, 2.45) is 0 Å². The monoisotopic (exact) mass is 445 g/mol. The number of ether oxygens (including phenoxy) is 1. The summed E-state index contributed by atoms with van der Waals surface area (Å²) in [5.74, 6) is -0.915. The molecule has 0 aromatic heterocycles. The number of anilines is 1. The first-order chi connectivity index (χ1) is 10.4. The van der Waals surface area contributed by atoms with Crippen LogP contribution in [0, 0.1) is 0 Å². The summed E-state index contributed by atoms with van der Waals surface area (Å²) < 4.78 is 6.16. The minimum absolute atomic E-state index is 0.289. The molecular weight excluding hydrogens is 437 g/mol. The number of ketones is 1. The lowest BCUT2D eigenvalue weighted by Gasteiger charge is -2.07. The Morgan fingerprint density at radius 3 is 2.14 bits per heavy atom. The van der Waals surface area contributed by atoms with E-state index in [4.69, 9.17) is 22.1 Å². The van der Waals surface area contributed by atoms with E-state index in [1.165, 1.54) is 12.1 Å². The summed E-state index contributed by atoms with van der Waals surface area (Å²) in [5, 5.41) is 0.533. The molecule has 0 saturated carbocycles. The van der Waals surface area contributed by atoms with Crippen LogP contribution < -0.4 is 5.73 Å². The van der Waals surface area contributed by atoms with Crippen molar-refractivity contribution in [1.82, 2.24) is 0 Å². The molecule has 0 unspecified atom stereocenters. The molecule has 4 nitrogen and oxygen atoms in total. The summed E-state index contributed by atoms with van der Waals surface area (Å²) in [5.41, 5.74) is 6.95. The summed E-state index contributed by atoms with van der Waals surface area (Å²) in [6, 6.07) is 9.43. The third-order valence-corrected chi connectivity index (χ3v) is 4.38. The highest BCUT2D eigenvalue weighted by Gasteiger charge is 2.14. The highest BCUT2D eigenvalue weighted by Crippen LogP contribution is 2.29. The molecular formula is C15H10Br2ClNO3. The Kier molecular flexibility index (Phi) is 5.61. The van der Waals surface area contributed by atoms with Crippen LogP contribution in [0.3, 0.4) is 0 Å². The Morgan fingerprint density at radius 2 is 1.59 bits per heavy atom. The van der Waals surface area contributed by atoms with E-state index < -0.39 is 5.97 Å². The lowest BCUT2D eigenvalue weighted by atomic mass is 10.1. The number of benzene rings is 2. The van der Waals surface area contributed by atoms with Gasteiger partial charge in [-0.25, -0.2) is 4.79 Å². The third-order valence-electron chi connectivity index (χ3n) is 2.82. The van der Waals surface area contributed by atoms with Crippen LogP contribution in [0.2, 0.25) is 5.02 Å². The van der Waals surface area contributed by atoms with E-state index >= 15 is 0 Å². The maximum absolute atomic E-state index is 12.0. The van der Waals surface area contributed by atoms with E-state index in [0.29, 0.717) is 25.2 Å². The number of carbonyl (C=O) groups is 2. The first-order valence-electron chi connectivity index (χ1n) is 6.09. The molecule has 0 amide bonds. The van der Waals surface area contributed by atoms with Gasteiger partial charge >= 0.3 is 5.97 Å². The largest absolute Gasteiger partial charge is 0.454 e. The summed E-state index contributed by atoms with van der Waals surface area (Å²) in [6.07, 6.45) is 0. The zero-order chi connectivity index (χ0) is 16.3. The van der Waals surface area contributed by atoms with Crippen LogP contribution in [0.5, 0.6) is 0 Å². The summed E-state index contributed by atoms with van der Waals surface area (Å²) in [4.78, 5) is 23.9. The van der Waals surface area contributed by atoms with E-state index in [1.54, 1.807) is 24.3 Å². The van der Waals surface area contributed by atoms with E-state index in [0.717, 1.165) is 0 Å². The van der Waals surface area contributed by atoms with Gasteiger partial charge in [-0.05, 0) is 68.3 Å². The quantitative estimate of drug-likeness (QED) is 0.426. The molecule has 0 aliphatic rings. The van der Waals surface area contributed by atoms with Crippen LogP contribution in [0.15, 0.2) is 45.3 Å². The minimum atomic E-state index is -0.608. The van der Waals surface area contributed by atoms with Gasteiger partial charge < -0.3 is 10.5 Å². The summed E-state index contributed by atoms with van der Waals surface area (Å²) >= 11 is 12.2. The number of nitrogen functional groups attached to an aromatic ring is 1. The molecule has 2 N–H and O–H groups in total. The van der Waals surface area contributed by atoms with Crippen LogP contribution in [0.25, 0.3) is 0 Å². The van der Waals surface area contributed by atoms with Gasteiger partial charge in [-0.3, -0.25) is 4.79 Å². The SMILES string of the molecule is Nc1c(Br)cc(C(=O)OCC(=O)c2ccc(Cl)cc2)cc1Br. The van der Waals surface area contributed by atoms with Crippen LogP contribution >= 0.6 is 43.5 Å². The first kappa shape index (κ1) is 17.0. The Hall–Kier alpha value is -1.37. The van der Waals surface area contributed by atoms with Gasteiger partial charge in [0, 0.05) is 19.5 Å². The Bertz CT molecular complexity index is 709. The maximum atomic E-state index is 12.0. The molecule has 2 aromatic rings. The molecule has 114 valence electrons. The predicted molar refractivity (Wildman–Crippen MR) is 92.3 cm³/mol. The molecule has 2 aromatic carbocycles. The second-order valence-electron chi connectivity index (χ2n) is 4.36. The van der Waals surface area contributed by atoms with Crippen LogP contribution in [-0.2, 0) is 4.74 Å². The zero-order valence-electron chi connectivity index (χ0n) is 11.1. The van der Waals surface area contributed by atoms with Crippen molar-refractivity contribution < 1.29 is 14.3 Å². The number of halogens is 3. The van der Waals surface area contributed by atoms with E-state index in [9.17, 15) is 9.59 Å². The zero-order valence-corrected chi connectivity index (χ0v) is 15.0. The highest BCUT2D eigenvalue weighted by atomic mass is 79.9. The number of hydrogen-bond acceptors (Lipinski definition) is 4. The fourth-order valence-electron chi connectivity index (χ4n) is 1.64. The van der Waals surface area contributed by atoms with Crippen molar-refractivity contribution in [3.8, 4) is 0 Å². The molecule has 2 rings (SSSR count). The Labute approximate surface area is 148 Å². The normalized spacial score (nSPS) is 10.3. The number of nitrogens with two attached hydrogens (primary N) is 1. The number of esters is 1. The number of carbonyl (C=O) groups excluding carboxylic acids is 2. The molecule has 0 saturated heterocycles. The fourth-order valence-corrected chi connectivity index (χ4v) is 2.95. The van der Waals surface area contributed by atoms with Crippen molar-refractivity contribution in [2.75, 3.05) is 12.3 Å². The Balaban J connectivity index is 2.04. The van der Waals surface area contributed by atoms with Crippen LogP contribution in [0.4, 0.5) is 5.69 Å². The average molecular weight is 448 g/mol. The van der Waals surface area contributed by atoms with Gasteiger partial charge in [0.1, 0.15) is 0 Å². The van der Waals surface area contributed by atoms with Gasteiger partial charge in [0.2, 0.25) is 0 Å². The van der Waals surface area contributed by atoms with Crippen molar-refractivity contribution in [3.05, 3.63) is 61.5 Å². The molecule has 0 bridgehead atoms. The lowest BCUT2D eigenvalue weighted by molar-refractivity contribution is 0.0474. The van der Waals surface area contributed by atoms with Crippen molar-refractivity contribution in [1.29, 1.82) is 0 Å². The predicted octanol–water partition coefficient (Wildman–Crippen LogP) is 4.49. The molecule has 0 fully saturated rings. The standard InChI is InChI=1S/C15H10Br2ClNO3/c16-11-5-9(6-12(17)14(11)19)15(21)22-7-13(20)8-1-3-10(18)4-2-8/h1-6H,7,19H2.